The van der Waals surface area contributed by atoms with E-state index in [0.29, 0.717) is 25.4 Å². The van der Waals surface area contributed by atoms with Crippen LogP contribution in [0.15, 0.2) is 42.5 Å². The van der Waals surface area contributed by atoms with Crippen molar-refractivity contribution in [3.05, 3.63) is 69.5 Å². The van der Waals surface area contributed by atoms with Crippen molar-refractivity contribution in [3.63, 3.8) is 0 Å². The largest absolute Gasteiger partial charge is 0.496 e. The fraction of sp³-hybridized carbons (Fsp3) is 0.278. The van der Waals surface area contributed by atoms with Gasteiger partial charge in [0.2, 0.25) is 0 Å². The molecule has 1 fully saturated rings. The van der Waals surface area contributed by atoms with Gasteiger partial charge in [-0.1, -0.05) is 18.2 Å². The van der Waals surface area contributed by atoms with Gasteiger partial charge >= 0.3 is 0 Å². The van der Waals surface area contributed by atoms with Crippen LogP contribution in [0.2, 0.25) is 0 Å². The molecule has 0 aliphatic carbocycles. The van der Waals surface area contributed by atoms with Gasteiger partial charge in [-0.2, -0.15) is 0 Å². The van der Waals surface area contributed by atoms with Crippen LogP contribution in [0.5, 0.6) is 5.75 Å². The van der Waals surface area contributed by atoms with Crippen molar-refractivity contribution in [2.45, 2.75) is 6.04 Å². The number of methoxy groups -OCH3 is 1. The van der Waals surface area contributed by atoms with Crippen molar-refractivity contribution < 1.29 is 18.8 Å². The number of nitro benzene ring substituents is 1. The topological polar surface area (TPSA) is 84.7 Å². The lowest BCUT2D eigenvalue weighted by atomic mass is 10.0. The van der Waals surface area contributed by atoms with Crippen molar-refractivity contribution in [1.29, 1.82) is 0 Å². The molecule has 0 bridgehead atoms. The summed E-state index contributed by atoms with van der Waals surface area (Å²) in [6, 6.07) is 9.96. The van der Waals surface area contributed by atoms with Crippen molar-refractivity contribution in [2.24, 2.45) is 0 Å². The summed E-state index contributed by atoms with van der Waals surface area (Å²) in [5.74, 6) is -0.624. The highest BCUT2D eigenvalue weighted by Crippen LogP contribution is 2.31. The van der Waals surface area contributed by atoms with E-state index in [0.717, 1.165) is 23.8 Å². The molecule has 1 heterocycles. The Morgan fingerprint density at radius 2 is 2.07 bits per heavy atom. The number of piperazine rings is 1. The number of halogens is 2. The number of nitrogens with zero attached hydrogens (tertiary/aromatic N) is 2. The van der Waals surface area contributed by atoms with Gasteiger partial charge in [0, 0.05) is 36.8 Å². The first kappa shape index (κ1) is 20.6. The van der Waals surface area contributed by atoms with E-state index in [9.17, 15) is 19.3 Å². The molecule has 1 aliphatic rings. The SMILES string of the molecule is COc1ccccc1C1CNCCN1C(=O)c1cc(F)cc([N+](=O)[O-])c1.Cl. The molecular weight excluding hydrogens is 377 g/mol. The van der Waals surface area contributed by atoms with E-state index in [1.54, 1.807) is 18.1 Å². The second-order valence-electron chi connectivity index (χ2n) is 5.92. The molecule has 9 heteroatoms. The van der Waals surface area contributed by atoms with Crippen LogP contribution in [0.25, 0.3) is 0 Å². The average Bonchev–Trinajstić information content (AvgIpc) is 2.66. The Balaban J connectivity index is 0.00000261. The normalized spacial score (nSPS) is 16.4. The molecule has 27 heavy (non-hydrogen) atoms. The molecule has 1 N–H and O–H groups in total. The van der Waals surface area contributed by atoms with Crippen LogP contribution in [0, 0.1) is 15.9 Å². The minimum atomic E-state index is -0.813. The van der Waals surface area contributed by atoms with Gasteiger partial charge < -0.3 is 15.0 Å². The van der Waals surface area contributed by atoms with E-state index >= 15 is 0 Å². The third-order valence-electron chi connectivity index (χ3n) is 4.34. The van der Waals surface area contributed by atoms with E-state index < -0.39 is 22.3 Å². The Morgan fingerprint density at radius 1 is 1.33 bits per heavy atom. The number of para-hydroxylation sites is 1. The van der Waals surface area contributed by atoms with Crippen molar-refractivity contribution in [2.75, 3.05) is 26.7 Å². The van der Waals surface area contributed by atoms with Gasteiger partial charge in [-0.05, 0) is 12.1 Å². The molecule has 1 saturated heterocycles. The average molecular weight is 396 g/mol. The van der Waals surface area contributed by atoms with Gasteiger partial charge in [-0.3, -0.25) is 14.9 Å². The molecule has 0 spiro atoms. The molecule has 7 nitrogen and oxygen atoms in total. The van der Waals surface area contributed by atoms with E-state index in [1.165, 1.54) is 0 Å². The Kier molecular flexibility index (Phi) is 6.70. The van der Waals surface area contributed by atoms with Crippen molar-refractivity contribution >= 4 is 24.0 Å². The third kappa shape index (κ3) is 4.35. The van der Waals surface area contributed by atoms with Crippen LogP contribution in [-0.2, 0) is 0 Å². The van der Waals surface area contributed by atoms with Crippen molar-refractivity contribution in [3.8, 4) is 5.75 Å². The van der Waals surface area contributed by atoms with E-state index in [1.807, 2.05) is 18.2 Å². The van der Waals surface area contributed by atoms with Gasteiger partial charge in [-0.15, -0.1) is 12.4 Å². The summed E-state index contributed by atoms with van der Waals surface area (Å²) in [5.41, 5.74) is 0.331. The maximum absolute atomic E-state index is 13.7. The number of hydrogen-bond donors (Lipinski definition) is 1. The fourth-order valence-electron chi connectivity index (χ4n) is 3.14. The fourth-order valence-corrected chi connectivity index (χ4v) is 3.14. The summed E-state index contributed by atoms with van der Waals surface area (Å²) in [4.78, 5) is 24.8. The second kappa shape index (κ2) is 8.79. The zero-order valence-electron chi connectivity index (χ0n) is 14.6. The summed E-state index contributed by atoms with van der Waals surface area (Å²) < 4.78 is 19.1. The molecule has 1 atom stereocenters. The zero-order valence-corrected chi connectivity index (χ0v) is 15.4. The molecule has 2 aromatic carbocycles. The predicted molar refractivity (Wildman–Crippen MR) is 99.9 cm³/mol. The lowest BCUT2D eigenvalue weighted by Gasteiger charge is -2.37. The zero-order chi connectivity index (χ0) is 18.7. The monoisotopic (exact) mass is 395 g/mol. The van der Waals surface area contributed by atoms with Crippen LogP contribution >= 0.6 is 12.4 Å². The molecule has 0 radical (unpaired) electrons. The van der Waals surface area contributed by atoms with Gasteiger partial charge in [-0.25, -0.2) is 4.39 Å². The van der Waals surface area contributed by atoms with Gasteiger partial charge in [0.15, 0.2) is 0 Å². The first-order valence-electron chi connectivity index (χ1n) is 8.11. The van der Waals surface area contributed by atoms with Crippen LogP contribution in [0.4, 0.5) is 10.1 Å². The van der Waals surface area contributed by atoms with Crippen LogP contribution in [0.1, 0.15) is 22.0 Å². The Labute approximate surface area is 161 Å². The summed E-state index contributed by atoms with van der Waals surface area (Å²) in [7, 11) is 1.55. The number of carbonyl (C=O) groups is 1. The quantitative estimate of drug-likeness (QED) is 0.635. The number of rotatable bonds is 4. The molecule has 1 amide bonds. The number of nitrogens with one attached hydrogen (secondary N) is 1. The van der Waals surface area contributed by atoms with Gasteiger partial charge in [0.05, 0.1) is 24.1 Å². The van der Waals surface area contributed by atoms with E-state index in [4.69, 9.17) is 4.74 Å². The molecule has 1 aliphatic heterocycles. The molecule has 0 aromatic heterocycles. The number of hydrogen-bond acceptors (Lipinski definition) is 5. The second-order valence-corrected chi connectivity index (χ2v) is 5.92. The lowest BCUT2D eigenvalue weighted by Crippen LogP contribution is -2.48. The van der Waals surface area contributed by atoms with Crippen LogP contribution in [0.3, 0.4) is 0 Å². The predicted octanol–water partition coefficient (Wildman–Crippen LogP) is 2.95. The molecular formula is C18H19ClFN3O4. The van der Waals surface area contributed by atoms with Crippen molar-refractivity contribution in [1.82, 2.24) is 10.2 Å². The first-order chi connectivity index (χ1) is 12.5. The summed E-state index contributed by atoms with van der Waals surface area (Å²) in [6.07, 6.45) is 0. The Morgan fingerprint density at radius 3 is 2.78 bits per heavy atom. The van der Waals surface area contributed by atoms with Crippen LogP contribution in [-0.4, -0.2) is 42.5 Å². The third-order valence-corrected chi connectivity index (χ3v) is 4.34. The Hall–Kier alpha value is -2.71. The minimum absolute atomic E-state index is 0. The number of non-ortho nitro benzene ring substituents is 1. The molecule has 0 saturated carbocycles. The molecule has 144 valence electrons. The first-order valence-corrected chi connectivity index (χ1v) is 8.11. The highest BCUT2D eigenvalue weighted by molar-refractivity contribution is 5.95. The molecule has 3 rings (SSSR count). The number of amides is 1. The van der Waals surface area contributed by atoms with Crippen LogP contribution < -0.4 is 10.1 Å². The summed E-state index contributed by atoms with van der Waals surface area (Å²) in [6.45, 7) is 1.48. The molecule has 2 aromatic rings. The minimum Gasteiger partial charge on any atom is -0.496 e. The number of benzene rings is 2. The van der Waals surface area contributed by atoms with E-state index in [-0.39, 0.29) is 24.0 Å². The standard InChI is InChI=1S/C18H18FN3O4.ClH/c1-26-17-5-3-2-4-15(17)16-11-20-6-7-21(16)18(23)12-8-13(19)10-14(9-12)22(24)25;/h2-5,8-10,16,20H,6-7,11H2,1H3;1H. The van der Waals surface area contributed by atoms with E-state index in [2.05, 4.69) is 5.32 Å². The highest BCUT2D eigenvalue weighted by Gasteiger charge is 2.31. The van der Waals surface area contributed by atoms with Gasteiger partial charge in [0.25, 0.3) is 11.6 Å². The summed E-state index contributed by atoms with van der Waals surface area (Å²) >= 11 is 0. The van der Waals surface area contributed by atoms with Gasteiger partial charge in [0.1, 0.15) is 11.6 Å². The lowest BCUT2D eigenvalue weighted by molar-refractivity contribution is -0.385. The maximum Gasteiger partial charge on any atom is 0.273 e. The number of nitro groups is 1. The molecule has 1 unspecified atom stereocenters. The number of ether oxygens (including phenoxy) is 1. The summed E-state index contributed by atoms with van der Waals surface area (Å²) in [5, 5.41) is 14.2. The highest BCUT2D eigenvalue weighted by atomic mass is 35.5. The Bertz CT molecular complexity index is 849. The maximum atomic E-state index is 13.7. The smallest absolute Gasteiger partial charge is 0.273 e. The number of carbonyl (C=O) groups excluding carboxylic acids is 1.